The summed E-state index contributed by atoms with van der Waals surface area (Å²) in [7, 11) is -4.43. The zero-order valence-electron chi connectivity index (χ0n) is 6.50. The van der Waals surface area contributed by atoms with E-state index >= 15 is 0 Å². The van der Waals surface area contributed by atoms with Crippen LogP contribution in [0.15, 0.2) is 30.3 Å². The quantitative estimate of drug-likeness (QED) is 0.650. The van der Waals surface area contributed by atoms with Crippen molar-refractivity contribution >= 4 is 23.8 Å². The summed E-state index contributed by atoms with van der Waals surface area (Å²) < 4.78 is 14.9. The Labute approximate surface area is 83.9 Å². The Bertz CT molecular complexity index is 310. The third-order valence-electron chi connectivity index (χ3n) is 1.29. The van der Waals surface area contributed by atoms with Crippen molar-refractivity contribution in [1.82, 2.24) is 0 Å². The maximum absolute atomic E-state index is 10.5. The lowest BCUT2D eigenvalue weighted by Gasteiger charge is -2.11. The van der Waals surface area contributed by atoms with E-state index in [2.05, 4.69) is 20.5 Å². The topological polar surface area (TPSA) is 66.8 Å². The fraction of sp³-hybridized carbons (Fsp3) is 0.143. The predicted octanol–water partition coefficient (Wildman–Crippen LogP) is 2.19. The molecule has 0 aliphatic rings. The van der Waals surface area contributed by atoms with Crippen LogP contribution in [0.1, 0.15) is 10.6 Å². The molecule has 0 radical (unpaired) electrons. The molecular formula is C7H8BrO4P. The van der Waals surface area contributed by atoms with E-state index in [1.54, 1.807) is 30.3 Å². The van der Waals surface area contributed by atoms with Crippen LogP contribution >= 0.6 is 23.8 Å². The second-order valence-corrected chi connectivity index (χ2v) is 4.35. The summed E-state index contributed by atoms with van der Waals surface area (Å²) in [5, 5.41) is -0.783. The summed E-state index contributed by atoms with van der Waals surface area (Å²) in [6, 6.07) is 8.73. The highest BCUT2D eigenvalue weighted by molar-refractivity contribution is 9.09. The monoisotopic (exact) mass is 266 g/mol. The molecule has 4 nitrogen and oxygen atoms in total. The second-order valence-electron chi connectivity index (χ2n) is 2.32. The van der Waals surface area contributed by atoms with Crippen LogP contribution in [0.5, 0.6) is 0 Å². The van der Waals surface area contributed by atoms with Crippen LogP contribution in [0, 0.1) is 0 Å². The lowest BCUT2D eigenvalue weighted by molar-refractivity contribution is 0.187. The van der Waals surface area contributed by atoms with E-state index in [1.165, 1.54) is 0 Å². The maximum atomic E-state index is 10.5. The van der Waals surface area contributed by atoms with Gasteiger partial charge in [-0.15, -0.1) is 0 Å². The largest absolute Gasteiger partial charge is 0.471 e. The first-order chi connectivity index (χ1) is 5.99. The number of phosphoric ester groups is 1. The third kappa shape index (κ3) is 4.02. The molecule has 6 heteroatoms. The van der Waals surface area contributed by atoms with Crippen molar-refractivity contribution in [2.75, 3.05) is 0 Å². The lowest BCUT2D eigenvalue weighted by atomic mass is 10.2. The SMILES string of the molecule is O=P(O)(O)OC(Br)c1ccccc1. The van der Waals surface area contributed by atoms with Gasteiger partial charge in [-0.1, -0.05) is 46.3 Å². The third-order valence-corrected chi connectivity index (χ3v) is 2.78. The van der Waals surface area contributed by atoms with E-state index in [9.17, 15) is 4.57 Å². The van der Waals surface area contributed by atoms with Gasteiger partial charge in [0.15, 0.2) is 0 Å². The molecule has 0 saturated heterocycles. The molecule has 72 valence electrons. The molecule has 0 spiro atoms. The van der Waals surface area contributed by atoms with Gasteiger partial charge in [0.25, 0.3) is 0 Å². The van der Waals surface area contributed by atoms with Gasteiger partial charge >= 0.3 is 7.82 Å². The summed E-state index contributed by atoms with van der Waals surface area (Å²) in [6.07, 6.45) is 0. The first kappa shape index (κ1) is 10.9. The molecule has 2 N–H and O–H groups in total. The number of hydrogen-bond acceptors (Lipinski definition) is 2. The highest BCUT2D eigenvalue weighted by atomic mass is 79.9. The molecular weight excluding hydrogens is 259 g/mol. The lowest BCUT2D eigenvalue weighted by Crippen LogP contribution is -1.94. The molecule has 13 heavy (non-hydrogen) atoms. The van der Waals surface area contributed by atoms with Crippen LogP contribution in [0.25, 0.3) is 0 Å². The number of hydrogen-bond donors (Lipinski definition) is 2. The first-order valence-electron chi connectivity index (χ1n) is 3.42. The van der Waals surface area contributed by atoms with E-state index in [1.807, 2.05) is 0 Å². The zero-order valence-corrected chi connectivity index (χ0v) is 8.98. The predicted molar refractivity (Wildman–Crippen MR) is 51.2 cm³/mol. The van der Waals surface area contributed by atoms with E-state index in [0.29, 0.717) is 5.56 Å². The number of halogens is 1. The van der Waals surface area contributed by atoms with Gasteiger partial charge in [0.1, 0.15) is 5.01 Å². The zero-order chi connectivity index (χ0) is 9.90. The maximum Gasteiger partial charge on any atom is 0.471 e. The summed E-state index contributed by atoms with van der Waals surface area (Å²) in [6.45, 7) is 0. The highest BCUT2D eigenvalue weighted by Gasteiger charge is 2.20. The Hall–Kier alpha value is -0.190. The number of phosphoric acid groups is 1. The van der Waals surface area contributed by atoms with Gasteiger partial charge in [0.05, 0.1) is 0 Å². The molecule has 0 bridgehead atoms. The van der Waals surface area contributed by atoms with Crippen molar-refractivity contribution in [1.29, 1.82) is 0 Å². The molecule has 0 fully saturated rings. The van der Waals surface area contributed by atoms with Crippen molar-refractivity contribution in [3.8, 4) is 0 Å². The van der Waals surface area contributed by atoms with Crippen LogP contribution in [0.3, 0.4) is 0 Å². The van der Waals surface area contributed by atoms with Crippen LogP contribution in [0.4, 0.5) is 0 Å². The van der Waals surface area contributed by atoms with Gasteiger partial charge < -0.3 is 9.79 Å². The summed E-state index contributed by atoms with van der Waals surface area (Å²) in [4.78, 5) is 17.0. The van der Waals surface area contributed by atoms with Gasteiger partial charge in [-0.25, -0.2) is 4.57 Å². The molecule has 1 aromatic carbocycles. The minimum absolute atomic E-state index is 0.658. The van der Waals surface area contributed by atoms with Crippen LogP contribution in [0.2, 0.25) is 0 Å². The Morgan fingerprint density at radius 1 is 1.31 bits per heavy atom. The Morgan fingerprint density at radius 3 is 2.31 bits per heavy atom. The van der Waals surface area contributed by atoms with Crippen LogP contribution in [-0.2, 0) is 9.09 Å². The van der Waals surface area contributed by atoms with Crippen molar-refractivity contribution in [2.24, 2.45) is 0 Å². The normalized spacial score (nSPS) is 14.1. The van der Waals surface area contributed by atoms with Crippen molar-refractivity contribution in [3.63, 3.8) is 0 Å². The van der Waals surface area contributed by atoms with E-state index in [-0.39, 0.29) is 0 Å². The summed E-state index contributed by atoms with van der Waals surface area (Å²) in [5.74, 6) is 0. The molecule has 0 aliphatic carbocycles. The molecule has 1 unspecified atom stereocenters. The molecule has 1 aromatic rings. The Morgan fingerprint density at radius 2 is 1.85 bits per heavy atom. The average Bonchev–Trinajstić information content (AvgIpc) is 2.03. The molecule has 0 aliphatic heterocycles. The highest BCUT2D eigenvalue weighted by Crippen LogP contribution is 2.44. The second kappa shape index (κ2) is 4.35. The molecule has 0 saturated carbocycles. The average molecular weight is 267 g/mol. The molecule has 0 heterocycles. The van der Waals surface area contributed by atoms with Gasteiger partial charge in [0.2, 0.25) is 0 Å². The summed E-state index contributed by atoms with van der Waals surface area (Å²) >= 11 is 3.01. The summed E-state index contributed by atoms with van der Waals surface area (Å²) in [5.41, 5.74) is 0.658. The smallest absolute Gasteiger partial charge is 0.303 e. The number of rotatable bonds is 3. The Balaban J connectivity index is 2.70. The minimum Gasteiger partial charge on any atom is -0.303 e. The van der Waals surface area contributed by atoms with E-state index in [0.717, 1.165) is 0 Å². The molecule has 0 amide bonds. The van der Waals surface area contributed by atoms with E-state index < -0.39 is 12.8 Å². The van der Waals surface area contributed by atoms with Gasteiger partial charge in [-0.2, -0.15) is 0 Å². The fourth-order valence-electron chi connectivity index (χ4n) is 0.786. The molecule has 0 aromatic heterocycles. The van der Waals surface area contributed by atoms with Gasteiger partial charge in [-0.3, -0.25) is 4.52 Å². The number of benzene rings is 1. The minimum atomic E-state index is -4.43. The first-order valence-corrected chi connectivity index (χ1v) is 5.86. The van der Waals surface area contributed by atoms with Crippen LogP contribution < -0.4 is 0 Å². The fourth-order valence-corrected chi connectivity index (χ4v) is 2.11. The van der Waals surface area contributed by atoms with Crippen molar-refractivity contribution in [3.05, 3.63) is 35.9 Å². The molecule has 1 atom stereocenters. The van der Waals surface area contributed by atoms with Gasteiger partial charge in [0, 0.05) is 0 Å². The Kier molecular flexibility index (Phi) is 3.64. The number of alkyl halides is 1. The molecule has 1 rings (SSSR count). The standard InChI is InChI=1S/C7H8BrO4P/c8-7(12-13(9,10)11)6-4-2-1-3-5-6/h1-5,7H,(H2,9,10,11). The van der Waals surface area contributed by atoms with E-state index in [4.69, 9.17) is 9.79 Å². The van der Waals surface area contributed by atoms with Gasteiger partial charge in [-0.05, 0) is 5.56 Å². The van der Waals surface area contributed by atoms with Crippen molar-refractivity contribution in [2.45, 2.75) is 5.01 Å². The van der Waals surface area contributed by atoms with Crippen molar-refractivity contribution < 1.29 is 18.9 Å². The van der Waals surface area contributed by atoms with Crippen LogP contribution in [-0.4, -0.2) is 9.79 Å².